The molecule has 2 aromatic rings. The summed E-state index contributed by atoms with van der Waals surface area (Å²) in [4.78, 5) is -0.0321. The number of halogens is 3. The SMILES string of the molecule is CC(C)(C)NS(=O)(=O)c1sc(-c2ccccc2C(F)(F)F)cc1B(O)O. The maximum atomic E-state index is 13.2. The van der Waals surface area contributed by atoms with Crippen molar-refractivity contribution < 1.29 is 31.6 Å². The molecule has 0 bridgehead atoms. The van der Waals surface area contributed by atoms with Gasteiger partial charge in [0.25, 0.3) is 0 Å². The highest BCUT2D eigenvalue weighted by atomic mass is 32.2. The van der Waals surface area contributed by atoms with E-state index < -0.39 is 38.6 Å². The summed E-state index contributed by atoms with van der Waals surface area (Å²) in [5.74, 6) is 0. The first-order valence-corrected chi connectivity index (χ1v) is 9.73. The molecule has 0 atom stereocenters. The van der Waals surface area contributed by atoms with Gasteiger partial charge in [0.15, 0.2) is 0 Å². The molecule has 26 heavy (non-hydrogen) atoms. The lowest BCUT2D eigenvalue weighted by atomic mass is 9.82. The van der Waals surface area contributed by atoms with Crippen LogP contribution in [0.15, 0.2) is 34.5 Å². The molecule has 0 aliphatic rings. The molecule has 0 saturated carbocycles. The molecule has 5 nitrogen and oxygen atoms in total. The largest absolute Gasteiger partial charge is 0.490 e. The summed E-state index contributed by atoms with van der Waals surface area (Å²) in [5.41, 5.74) is -2.40. The predicted octanol–water partition coefficient (Wildman–Crippen LogP) is 2.19. The van der Waals surface area contributed by atoms with Crippen LogP contribution in [0.3, 0.4) is 0 Å². The first-order chi connectivity index (χ1) is 11.7. The number of benzene rings is 1. The van der Waals surface area contributed by atoms with Crippen molar-refractivity contribution >= 4 is 33.9 Å². The lowest BCUT2D eigenvalue weighted by Gasteiger charge is -2.20. The van der Waals surface area contributed by atoms with Crippen LogP contribution in [0.5, 0.6) is 0 Å². The highest BCUT2D eigenvalue weighted by molar-refractivity contribution is 7.92. The predicted molar refractivity (Wildman–Crippen MR) is 94.7 cm³/mol. The summed E-state index contributed by atoms with van der Waals surface area (Å²) in [5, 5.41) is 19.0. The van der Waals surface area contributed by atoms with Crippen molar-refractivity contribution in [3.05, 3.63) is 35.9 Å². The Balaban J connectivity index is 2.67. The van der Waals surface area contributed by atoms with E-state index in [0.29, 0.717) is 11.3 Å². The minimum atomic E-state index is -4.64. The van der Waals surface area contributed by atoms with Gasteiger partial charge >= 0.3 is 13.3 Å². The fourth-order valence-corrected chi connectivity index (χ4v) is 5.47. The molecule has 3 N–H and O–H groups in total. The third-order valence-corrected chi connectivity index (χ3v) is 6.68. The number of rotatable bonds is 4. The smallest absolute Gasteiger partial charge is 0.423 e. The van der Waals surface area contributed by atoms with E-state index >= 15 is 0 Å². The van der Waals surface area contributed by atoms with E-state index in [1.807, 2.05) is 0 Å². The second-order valence-corrected chi connectivity index (χ2v) is 9.56. The zero-order chi connectivity index (χ0) is 19.9. The molecule has 0 spiro atoms. The molecule has 142 valence electrons. The van der Waals surface area contributed by atoms with Crippen molar-refractivity contribution in [1.29, 1.82) is 0 Å². The van der Waals surface area contributed by atoms with Crippen LogP contribution in [0.4, 0.5) is 13.2 Å². The number of sulfonamides is 1. The van der Waals surface area contributed by atoms with Gasteiger partial charge in [0.1, 0.15) is 4.21 Å². The van der Waals surface area contributed by atoms with E-state index in [4.69, 9.17) is 0 Å². The monoisotopic (exact) mass is 407 g/mol. The highest BCUT2D eigenvalue weighted by Crippen LogP contribution is 2.39. The average molecular weight is 407 g/mol. The minimum absolute atomic E-state index is 0.0321. The van der Waals surface area contributed by atoms with Crippen molar-refractivity contribution in [1.82, 2.24) is 4.72 Å². The molecule has 0 unspecified atom stereocenters. The fraction of sp³-hybridized carbons (Fsp3) is 0.333. The van der Waals surface area contributed by atoms with Crippen LogP contribution < -0.4 is 10.2 Å². The summed E-state index contributed by atoms with van der Waals surface area (Å²) in [6.45, 7) is 4.77. The van der Waals surface area contributed by atoms with Crippen molar-refractivity contribution in [2.45, 2.75) is 36.7 Å². The molecule has 0 saturated heterocycles. The maximum absolute atomic E-state index is 13.2. The van der Waals surface area contributed by atoms with Gasteiger partial charge < -0.3 is 10.0 Å². The Morgan fingerprint density at radius 2 is 1.69 bits per heavy atom. The number of hydrogen-bond acceptors (Lipinski definition) is 5. The van der Waals surface area contributed by atoms with Gasteiger partial charge in [-0.15, -0.1) is 11.3 Å². The lowest BCUT2D eigenvalue weighted by molar-refractivity contribution is -0.137. The van der Waals surface area contributed by atoms with Gasteiger partial charge in [0, 0.05) is 21.4 Å². The molecule has 0 aliphatic heterocycles. The first-order valence-electron chi connectivity index (χ1n) is 7.43. The third-order valence-electron chi connectivity index (χ3n) is 3.19. The summed E-state index contributed by atoms with van der Waals surface area (Å²) < 4.78 is 66.7. The molecule has 0 amide bonds. The van der Waals surface area contributed by atoms with E-state index in [0.717, 1.165) is 12.1 Å². The van der Waals surface area contributed by atoms with E-state index in [1.165, 1.54) is 18.2 Å². The Morgan fingerprint density at radius 1 is 1.12 bits per heavy atom. The summed E-state index contributed by atoms with van der Waals surface area (Å²) in [6, 6.07) is 5.75. The minimum Gasteiger partial charge on any atom is -0.423 e. The van der Waals surface area contributed by atoms with Gasteiger partial charge in [0.05, 0.1) is 5.56 Å². The molecule has 2 rings (SSSR count). The fourth-order valence-electron chi connectivity index (χ4n) is 2.31. The molecular formula is C15H17BF3NO4S2. The standard InChI is InChI=1S/C15H17BF3NO4S2/c1-14(2,3)20-26(23,24)13-11(16(21)22)8-12(25-13)9-6-4-5-7-10(9)15(17,18)19/h4-8,20-22H,1-3H3. The first kappa shape index (κ1) is 20.9. The lowest BCUT2D eigenvalue weighted by Crippen LogP contribution is -2.43. The van der Waals surface area contributed by atoms with Gasteiger partial charge in [-0.3, -0.25) is 0 Å². The summed E-state index contributed by atoms with van der Waals surface area (Å²) >= 11 is 0.548. The van der Waals surface area contributed by atoms with Gasteiger partial charge in [-0.2, -0.15) is 13.2 Å². The molecular weight excluding hydrogens is 390 g/mol. The van der Waals surface area contributed by atoms with E-state index in [9.17, 15) is 31.6 Å². The quantitative estimate of drug-likeness (QED) is 0.679. The van der Waals surface area contributed by atoms with Crippen molar-refractivity contribution in [2.75, 3.05) is 0 Å². The maximum Gasteiger partial charge on any atom is 0.490 e. The Bertz CT molecular complexity index is 902. The van der Waals surface area contributed by atoms with E-state index in [2.05, 4.69) is 4.72 Å². The summed E-state index contributed by atoms with van der Waals surface area (Å²) in [7, 11) is -6.31. The van der Waals surface area contributed by atoms with Crippen LogP contribution in [0, 0.1) is 0 Å². The Hall–Kier alpha value is -1.40. The second-order valence-electron chi connectivity index (χ2n) is 6.63. The Kier molecular flexibility index (Phi) is 5.60. The molecule has 11 heteroatoms. The number of thiophene rings is 1. The van der Waals surface area contributed by atoms with Crippen LogP contribution in [0.1, 0.15) is 26.3 Å². The van der Waals surface area contributed by atoms with Gasteiger partial charge in [-0.25, -0.2) is 13.1 Å². The Labute approximate surface area is 153 Å². The van der Waals surface area contributed by atoms with Gasteiger partial charge in [-0.05, 0) is 32.9 Å². The van der Waals surface area contributed by atoms with Crippen LogP contribution in [-0.4, -0.2) is 31.1 Å². The molecule has 0 radical (unpaired) electrons. The number of nitrogens with one attached hydrogen (secondary N) is 1. The van der Waals surface area contributed by atoms with Gasteiger partial charge in [0.2, 0.25) is 10.0 Å². The van der Waals surface area contributed by atoms with Crippen molar-refractivity contribution in [3.63, 3.8) is 0 Å². The second kappa shape index (κ2) is 6.97. The molecule has 0 fully saturated rings. The topological polar surface area (TPSA) is 86.6 Å². The van der Waals surface area contributed by atoms with E-state index in [-0.39, 0.29) is 15.9 Å². The van der Waals surface area contributed by atoms with Crippen molar-refractivity contribution in [2.24, 2.45) is 0 Å². The van der Waals surface area contributed by atoms with Gasteiger partial charge in [-0.1, -0.05) is 18.2 Å². The zero-order valence-electron chi connectivity index (χ0n) is 14.1. The van der Waals surface area contributed by atoms with Crippen LogP contribution in [0.25, 0.3) is 10.4 Å². The van der Waals surface area contributed by atoms with Crippen molar-refractivity contribution in [3.8, 4) is 10.4 Å². The van der Waals surface area contributed by atoms with E-state index in [1.54, 1.807) is 20.8 Å². The summed E-state index contributed by atoms with van der Waals surface area (Å²) in [6.07, 6.45) is -4.64. The average Bonchev–Trinajstić information content (AvgIpc) is 2.90. The molecule has 1 aromatic carbocycles. The highest BCUT2D eigenvalue weighted by Gasteiger charge is 2.36. The third kappa shape index (κ3) is 4.66. The normalized spacial score (nSPS) is 13.1. The van der Waals surface area contributed by atoms with Crippen LogP contribution in [-0.2, 0) is 16.2 Å². The van der Waals surface area contributed by atoms with Crippen LogP contribution in [0.2, 0.25) is 0 Å². The number of hydrogen-bond donors (Lipinski definition) is 3. The number of alkyl halides is 3. The molecule has 1 aromatic heterocycles. The zero-order valence-corrected chi connectivity index (χ0v) is 15.8. The van der Waals surface area contributed by atoms with Crippen LogP contribution >= 0.6 is 11.3 Å². The Morgan fingerprint density at radius 3 is 2.19 bits per heavy atom. The molecule has 1 heterocycles. The molecule has 0 aliphatic carbocycles.